The van der Waals surface area contributed by atoms with Crippen LogP contribution in [0.15, 0.2) is 0 Å². The normalized spacial score (nSPS) is 12.7. The van der Waals surface area contributed by atoms with Crippen molar-refractivity contribution in [2.75, 3.05) is 19.4 Å². The van der Waals surface area contributed by atoms with Gasteiger partial charge in [-0.3, -0.25) is 4.79 Å². The summed E-state index contributed by atoms with van der Waals surface area (Å²) < 4.78 is 30.3. The van der Waals surface area contributed by atoms with E-state index in [0.29, 0.717) is 0 Å². The second kappa shape index (κ2) is 6.17. The third kappa shape index (κ3) is 7.61. The van der Waals surface area contributed by atoms with Crippen LogP contribution in [0.1, 0.15) is 26.7 Å². The van der Waals surface area contributed by atoms with Crippen LogP contribution in [-0.2, 0) is 19.6 Å². The van der Waals surface area contributed by atoms with Gasteiger partial charge in [0.05, 0.1) is 11.4 Å². The number of carboxylic acid groups (broad SMARTS) is 1. The van der Waals surface area contributed by atoms with Crippen molar-refractivity contribution < 1.29 is 23.1 Å². The molecule has 0 unspecified atom stereocenters. The van der Waals surface area contributed by atoms with E-state index in [2.05, 4.69) is 4.72 Å². The molecule has 0 aromatic carbocycles. The molecule has 2 N–H and O–H groups in total. The quantitative estimate of drug-likeness (QED) is 0.644. The van der Waals surface area contributed by atoms with E-state index in [-0.39, 0.29) is 25.1 Å². The number of hydrogen-bond donors (Lipinski definition) is 2. The van der Waals surface area contributed by atoms with Crippen LogP contribution in [0.5, 0.6) is 0 Å². The van der Waals surface area contributed by atoms with Crippen LogP contribution in [0.25, 0.3) is 0 Å². The van der Waals surface area contributed by atoms with Crippen molar-refractivity contribution in [2.24, 2.45) is 0 Å². The van der Waals surface area contributed by atoms with Gasteiger partial charge in [-0.25, -0.2) is 13.1 Å². The van der Waals surface area contributed by atoms with Crippen molar-refractivity contribution in [1.29, 1.82) is 0 Å². The van der Waals surface area contributed by atoms with Gasteiger partial charge in [-0.15, -0.1) is 0 Å². The molecular formula is C9H19NO5S. The summed E-state index contributed by atoms with van der Waals surface area (Å²) in [5.41, 5.74) is -0.570. The maximum Gasteiger partial charge on any atom is 0.303 e. The molecule has 0 rings (SSSR count). The fourth-order valence-electron chi connectivity index (χ4n) is 0.842. The van der Waals surface area contributed by atoms with Gasteiger partial charge in [-0.1, -0.05) is 0 Å². The largest absolute Gasteiger partial charge is 0.481 e. The van der Waals surface area contributed by atoms with Crippen LogP contribution >= 0.6 is 0 Å². The molecule has 7 heteroatoms. The van der Waals surface area contributed by atoms with E-state index >= 15 is 0 Å². The standard InChI is InChI=1S/C9H19NO5S/c1-9(2,15-3)7-10-16(13,14)6-4-5-8(11)12/h10H,4-7H2,1-3H3,(H,11,12). The molecule has 0 aliphatic heterocycles. The summed E-state index contributed by atoms with van der Waals surface area (Å²) >= 11 is 0. The topological polar surface area (TPSA) is 92.7 Å². The van der Waals surface area contributed by atoms with E-state index in [0.717, 1.165) is 0 Å². The Morgan fingerprint density at radius 3 is 2.44 bits per heavy atom. The highest BCUT2D eigenvalue weighted by Gasteiger charge is 2.20. The molecule has 6 nitrogen and oxygen atoms in total. The average molecular weight is 253 g/mol. The summed E-state index contributed by atoms with van der Waals surface area (Å²) in [5, 5.41) is 8.37. The summed E-state index contributed by atoms with van der Waals surface area (Å²) in [6.45, 7) is 3.68. The van der Waals surface area contributed by atoms with Gasteiger partial charge in [-0.2, -0.15) is 0 Å². The van der Waals surface area contributed by atoms with Crippen LogP contribution in [0.3, 0.4) is 0 Å². The number of ether oxygens (including phenoxy) is 1. The summed E-state index contributed by atoms with van der Waals surface area (Å²) in [7, 11) is -1.92. The minimum atomic E-state index is -3.41. The lowest BCUT2D eigenvalue weighted by atomic mass is 10.1. The third-order valence-corrected chi connectivity index (χ3v) is 3.48. The Bertz CT molecular complexity index is 323. The predicted octanol–water partition coefficient (Wildman–Crippen LogP) is 0.196. The van der Waals surface area contributed by atoms with Crippen LogP contribution in [-0.4, -0.2) is 44.5 Å². The van der Waals surface area contributed by atoms with Gasteiger partial charge in [-0.05, 0) is 20.3 Å². The number of nitrogens with one attached hydrogen (secondary N) is 1. The maximum atomic E-state index is 11.4. The van der Waals surface area contributed by atoms with Gasteiger partial charge >= 0.3 is 5.97 Å². The van der Waals surface area contributed by atoms with Gasteiger partial charge in [0.1, 0.15) is 0 Å². The lowest BCUT2D eigenvalue weighted by Gasteiger charge is -2.22. The number of carboxylic acids is 1. The van der Waals surface area contributed by atoms with Crippen molar-refractivity contribution in [3.05, 3.63) is 0 Å². The SMILES string of the molecule is COC(C)(C)CNS(=O)(=O)CCCC(=O)O. The Labute approximate surface area is 96.0 Å². The maximum absolute atomic E-state index is 11.4. The Balaban J connectivity index is 4.02. The first kappa shape index (κ1) is 15.3. The van der Waals surface area contributed by atoms with E-state index in [1.165, 1.54) is 7.11 Å². The van der Waals surface area contributed by atoms with Crippen molar-refractivity contribution in [3.8, 4) is 0 Å². The number of carbonyl (C=O) groups is 1. The van der Waals surface area contributed by atoms with Gasteiger partial charge in [0, 0.05) is 20.1 Å². The zero-order valence-corrected chi connectivity index (χ0v) is 10.6. The Morgan fingerprint density at radius 1 is 1.44 bits per heavy atom. The Hall–Kier alpha value is -0.660. The molecule has 0 bridgehead atoms. The van der Waals surface area contributed by atoms with E-state index in [1.807, 2.05) is 0 Å². The average Bonchev–Trinajstić information content (AvgIpc) is 2.14. The molecule has 0 aliphatic carbocycles. The molecule has 16 heavy (non-hydrogen) atoms. The van der Waals surface area contributed by atoms with Gasteiger partial charge in [0.25, 0.3) is 0 Å². The van der Waals surface area contributed by atoms with Crippen molar-refractivity contribution >= 4 is 16.0 Å². The van der Waals surface area contributed by atoms with Crippen LogP contribution in [0, 0.1) is 0 Å². The van der Waals surface area contributed by atoms with Gasteiger partial charge in [0.2, 0.25) is 10.0 Å². The molecule has 0 saturated carbocycles. The first-order valence-corrected chi connectivity index (χ1v) is 6.58. The molecular weight excluding hydrogens is 234 g/mol. The van der Waals surface area contributed by atoms with Gasteiger partial charge < -0.3 is 9.84 Å². The molecule has 0 spiro atoms. The fourth-order valence-corrected chi connectivity index (χ4v) is 2.08. The molecule has 0 atom stereocenters. The van der Waals surface area contributed by atoms with Crippen molar-refractivity contribution in [3.63, 3.8) is 0 Å². The summed E-state index contributed by atoms with van der Waals surface area (Å²) in [6, 6.07) is 0. The second-order valence-corrected chi connectivity index (χ2v) is 6.03. The molecule has 0 aliphatic rings. The number of aliphatic carboxylic acids is 1. The monoisotopic (exact) mass is 253 g/mol. The van der Waals surface area contributed by atoms with E-state index in [1.54, 1.807) is 13.8 Å². The third-order valence-electron chi connectivity index (χ3n) is 2.07. The summed E-state index contributed by atoms with van der Waals surface area (Å²) in [5.74, 6) is -1.17. The first-order chi connectivity index (χ1) is 7.18. The highest BCUT2D eigenvalue weighted by molar-refractivity contribution is 7.89. The van der Waals surface area contributed by atoms with Crippen LogP contribution < -0.4 is 4.72 Å². The molecule has 0 saturated heterocycles. The van der Waals surface area contributed by atoms with Crippen molar-refractivity contribution in [1.82, 2.24) is 4.72 Å². The number of sulfonamides is 1. The highest BCUT2D eigenvalue weighted by Crippen LogP contribution is 2.06. The molecule has 0 heterocycles. The second-order valence-electron chi connectivity index (χ2n) is 4.10. The summed E-state index contributed by atoms with van der Waals surface area (Å²) in [4.78, 5) is 10.2. The predicted molar refractivity (Wildman–Crippen MR) is 59.7 cm³/mol. The lowest BCUT2D eigenvalue weighted by molar-refractivity contribution is -0.137. The Morgan fingerprint density at radius 2 is 2.00 bits per heavy atom. The summed E-state index contributed by atoms with van der Waals surface area (Å²) in [6.07, 6.45) is -0.0351. The van der Waals surface area contributed by atoms with E-state index < -0.39 is 21.6 Å². The van der Waals surface area contributed by atoms with Crippen LogP contribution in [0.4, 0.5) is 0 Å². The molecule has 0 radical (unpaired) electrons. The number of hydrogen-bond acceptors (Lipinski definition) is 4. The zero-order chi connectivity index (χ0) is 12.8. The zero-order valence-electron chi connectivity index (χ0n) is 9.82. The Kier molecular flexibility index (Phi) is 5.91. The minimum absolute atomic E-state index is 0.109. The molecule has 96 valence electrons. The molecule has 0 aromatic heterocycles. The van der Waals surface area contributed by atoms with E-state index in [9.17, 15) is 13.2 Å². The van der Waals surface area contributed by atoms with Gasteiger partial charge in [0.15, 0.2) is 0 Å². The number of rotatable bonds is 8. The molecule has 0 amide bonds. The smallest absolute Gasteiger partial charge is 0.303 e. The highest BCUT2D eigenvalue weighted by atomic mass is 32.2. The van der Waals surface area contributed by atoms with Crippen LogP contribution in [0.2, 0.25) is 0 Å². The number of methoxy groups -OCH3 is 1. The fraction of sp³-hybridized carbons (Fsp3) is 0.889. The minimum Gasteiger partial charge on any atom is -0.481 e. The lowest BCUT2D eigenvalue weighted by Crippen LogP contribution is -2.40. The molecule has 0 aromatic rings. The van der Waals surface area contributed by atoms with Crippen molar-refractivity contribution in [2.45, 2.75) is 32.3 Å². The first-order valence-electron chi connectivity index (χ1n) is 4.93. The van der Waals surface area contributed by atoms with E-state index in [4.69, 9.17) is 9.84 Å². The molecule has 0 fully saturated rings.